The molecular formula is C13H21N3O. The summed E-state index contributed by atoms with van der Waals surface area (Å²) >= 11 is 0. The normalized spacial score (nSPS) is 16.4. The molecule has 1 aromatic heterocycles. The molecule has 0 saturated carbocycles. The lowest BCUT2D eigenvalue weighted by atomic mass is 9.95. The van der Waals surface area contributed by atoms with Crippen molar-refractivity contribution in [1.82, 2.24) is 14.7 Å². The molecule has 0 N–H and O–H groups in total. The van der Waals surface area contributed by atoms with Gasteiger partial charge in [0.2, 0.25) is 5.91 Å². The maximum absolute atomic E-state index is 11.2. The van der Waals surface area contributed by atoms with Crippen molar-refractivity contribution in [3.63, 3.8) is 0 Å². The fraction of sp³-hybridized carbons (Fsp3) is 0.692. The van der Waals surface area contributed by atoms with E-state index in [0.717, 1.165) is 25.2 Å². The van der Waals surface area contributed by atoms with Gasteiger partial charge in [-0.1, -0.05) is 6.92 Å². The molecule has 1 fully saturated rings. The average Bonchev–Trinajstić information content (AvgIpc) is 2.58. The monoisotopic (exact) mass is 235 g/mol. The zero-order valence-corrected chi connectivity index (χ0v) is 11.1. The van der Waals surface area contributed by atoms with Crippen LogP contribution in [0, 0.1) is 0 Å². The minimum absolute atomic E-state index is 0.174. The van der Waals surface area contributed by atoms with E-state index in [1.165, 1.54) is 5.69 Å². The molecule has 0 aromatic carbocycles. The molecule has 2 heterocycles. The number of hydrogen-bond acceptors (Lipinski definition) is 2. The molecule has 0 spiro atoms. The third-order valence-corrected chi connectivity index (χ3v) is 3.41. The average molecular weight is 235 g/mol. The van der Waals surface area contributed by atoms with E-state index in [1.54, 1.807) is 6.92 Å². The van der Waals surface area contributed by atoms with Crippen molar-refractivity contribution in [2.75, 3.05) is 13.1 Å². The Morgan fingerprint density at radius 2 is 2.18 bits per heavy atom. The molecule has 1 aliphatic heterocycles. The first-order chi connectivity index (χ1) is 8.02. The topological polar surface area (TPSA) is 38.1 Å². The SMILES string of the molecule is CCc1cc(C2CN(C(C)=O)C2)n(C(C)C)n1. The summed E-state index contributed by atoms with van der Waals surface area (Å²) in [6.45, 7) is 9.75. The number of likely N-dealkylation sites (tertiary alicyclic amines) is 1. The van der Waals surface area contributed by atoms with Gasteiger partial charge in [-0.15, -0.1) is 0 Å². The summed E-state index contributed by atoms with van der Waals surface area (Å²) in [5.74, 6) is 0.640. The highest BCUT2D eigenvalue weighted by atomic mass is 16.2. The van der Waals surface area contributed by atoms with Crippen molar-refractivity contribution in [3.8, 4) is 0 Å². The van der Waals surface area contributed by atoms with Crippen LogP contribution in [0.5, 0.6) is 0 Å². The Morgan fingerprint density at radius 3 is 2.65 bits per heavy atom. The summed E-state index contributed by atoms with van der Waals surface area (Å²) in [6.07, 6.45) is 0.968. The van der Waals surface area contributed by atoms with Crippen LogP contribution < -0.4 is 0 Å². The summed E-state index contributed by atoms with van der Waals surface area (Å²) in [7, 11) is 0. The summed E-state index contributed by atoms with van der Waals surface area (Å²) in [5, 5.41) is 4.61. The lowest BCUT2D eigenvalue weighted by Gasteiger charge is -2.39. The fourth-order valence-corrected chi connectivity index (χ4v) is 2.28. The molecule has 1 amide bonds. The first kappa shape index (κ1) is 12.1. The Kier molecular flexibility index (Phi) is 3.22. The van der Waals surface area contributed by atoms with Crippen molar-refractivity contribution in [2.24, 2.45) is 0 Å². The Morgan fingerprint density at radius 1 is 1.53 bits per heavy atom. The van der Waals surface area contributed by atoms with E-state index in [9.17, 15) is 4.79 Å². The summed E-state index contributed by atoms with van der Waals surface area (Å²) in [5.41, 5.74) is 2.43. The minimum atomic E-state index is 0.174. The summed E-state index contributed by atoms with van der Waals surface area (Å²) < 4.78 is 2.11. The van der Waals surface area contributed by atoms with Gasteiger partial charge in [-0.2, -0.15) is 5.10 Å². The molecule has 1 aliphatic rings. The Balaban J connectivity index is 2.16. The third kappa shape index (κ3) is 2.21. The van der Waals surface area contributed by atoms with Crippen LogP contribution in [-0.2, 0) is 11.2 Å². The lowest BCUT2D eigenvalue weighted by molar-refractivity contribution is -0.133. The van der Waals surface area contributed by atoms with Gasteiger partial charge in [0.1, 0.15) is 0 Å². The first-order valence-corrected chi connectivity index (χ1v) is 6.36. The van der Waals surface area contributed by atoms with Gasteiger partial charge in [0.15, 0.2) is 0 Å². The number of hydrogen-bond donors (Lipinski definition) is 0. The molecule has 0 radical (unpaired) electrons. The zero-order valence-electron chi connectivity index (χ0n) is 11.1. The smallest absolute Gasteiger partial charge is 0.219 e. The van der Waals surface area contributed by atoms with E-state index in [-0.39, 0.29) is 5.91 Å². The van der Waals surface area contributed by atoms with Crippen LogP contribution >= 0.6 is 0 Å². The van der Waals surface area contributed by atoms with Gasteiger partial charge >= 0.3 is 0 Å². The van der Waals surface area contributed by atoms with E-state index in [0.29, 0.717) is 12.0 Å². The second-order valence-electron chi connectivity index (χ2n) is 5.07. The molecule has 4 heteroatoms. The molecule has 0 unspecified atom stereocenters. The number of aromatic nitrogens is 2. The van der Waals surface area contributed by atoms with Crippen LogP contribution in [-0.4, -0.2) is 33.7 Å². The van der Waals surface area contributed by atoms with Crippen LogP contribution in [0.3, 0.4) is 0 Å². The predicted octanol–water partition coefficient (Wildman–Crippen LogP) is 1.97. The Labute approximate surface area is 103 Å². The van der Waals surface area contributed by atoms with Gasteiger partial charge in [-0.25, -0.2) is 0 Å². The van der Waals surface area contributed by atoms with Crippen molar-refractivity contribution < 1.29 is 4.79 Å². The second kappa shape index (κ2) is 4.51. The minimum Gasteiger partial charge on any atom is -0.341 e. The van der Waals surface area contributed by atoms with Gasteiger partial charge < -0.3 is 4.90 Å². The van der Waals surface area contributed by atoms with Crippen LogP contribution in [0.4, 0.5) is 0 Å². The highest BCUT2D eigenvalue weighted by Gasteiger charge is 2.32. The van der Waals surface area contributed by atoms with Crippen molar-refractivity contribution in [2.45, 2.75) is 46.1 Å². The molecule has 2 rings (SSSR count). The van der Waals surface area contributed by atoms with Gasteiger partial charge in [-0.05, 0) is 26.3 Å². The van der Waals surface area contributed by atoms with Crippen LogP contribution in [0.15, 0.2) is 6.07 Å². The lowest BCUT2D eigenvalue weighted by Crippen LogP contribution is -2.48. The molecule has 0 bridgehead atoms. The Hall–Kier alpha value is -1.32. The summed E-state index contributed by atoms with van der Waals surface area (Å²) in [4.78, 5) is 13.1. The van der Waals surface area contributed by atoms with Crippen LogP contribution in [0.2, 0.25) is 0 Å². The molecule has 94 valence electrons. The van der Waals surface area contributed by atoms with Gasteiger partial charge in [0, 0.05) is 37.7 Å². The first-order valence-electron chi connectivity index (χ1n) is 6.36. The van der Waals surface area contributed by atoms with Crippen molar-refractivity contribution >= 4 is 5.91 Å². The van der Waals surface area contributed by atoms with Crippen molar-refractivity contribution in [1.29, 1.82) is 0 Å². The van der Waals surface area contributed by atoms with Gasteiger partial charge in [0.25, 0.3) is 0 Å². The predicted molar refractivity (Wildman–Crippen MR) is 67.0 cm³/mol. The number of aryl methyl sites for hydroxylation is 1. The standard InChI is InChI=1S/C13H21N3O/c1-5-12-6-13(16(14-12)9(2)3)11-7-15(8-11)10(4)17/h6,9,11H,5,7-8H2,1-4H3. The van der Waals surface area contributed by atoms with E-state index < -0.39 is 0 Å². The number of carbonyl (C=O) groups excluding carboxylic acids is 1. The second-order valence-corrected chi connectivity index (χ2v) is 5.07. The molecule has 17 heavy (non-hydrogen) atoms. The summed E-state index contributed by atoms with van der Waals surface area (Å²) in [6, 6.07) is 2.58. The molecule has 0 atom stereocenters. The Bertz CT molecular complexity index is 416. The molecule has 4 nitrogen and oxygen atoms in total. The molecule has 1 aromatic rings. The number of carbonyl (C=O) groups is 1. The van der Waals surface area contributed by atoms with Gasteiger partial charge in [0.05, 0.1) is 5.69 Å². The number of rotatable bonds is 3. The van der Waals surface area contributed by atoms with E-state index >= 15 is 0 Å². The maximum atomic E-state index is 11.2. The van der Waals surface area contributed by atoms with E-state index in [1.807, 2.05) is 4.90 Å². The number of nitrogens with zero attached hydrogens (tertiary/aromatic N) is 3. The van der Waals surface area contributed by atoms with E-state index in [4.69, 9.17) is 0 Å². The molecular weight excluding hydrogens is 214 g/mol. The quantitative estimate of drug-likeness (QED) is 0.803. The number of amides is 1. The highest BCUT2D eigenvalue weighted by Crippen LogP contribution is 2.29. The molecule has 0 aliphatic carbocycles. The van der Waals surface area contributed by atoms with Crippen LogP contribution in [0.1, 0.15) is 51.0 Å². The maximum Gasteiger partial charge on any atom is 0.219 e. The van der Waals surface area contributed by atoms with Gasteiger partial charge in [-0.3, -0.25) is 9.48 Å². The largest absolute Gasteiger partial charge is 0.341 e. The molecule has 1 saturated heterocycles. The van der Waals surface area contributed by atoms with Crippen molar-refractivity contribution in [3.05, 3.63) is 17.5 Å². The third-order valence-electron chi connectivity index (χ3n) is 3.41. The van der Waals surface area contributed by atoms with E-state index in [2.05, 4.69) is 36.6 Å². The van der Waals surface area contributed by atoms with Crippen LogP contribution in [0.25, 0.3) is 0 Å². The fourth-order valence-electron chi connectivity index (χ4n) is 2.28. The highest BCUT2D eigenvalue weighted by molar-refractivity contribution is 5.74. The zero-order chi connectivity index (χ0) is 12.6.